The van der Waals surface area contributed by atoms with Gasteiger partial charge in [-0.2, -0.15) is 0 Å². The van der Waals surface area contributed by atoms with Crippen LogP contribution in [0.2, 0.25) is 0 Å². The number of hydrogen-bond donors (Lipinski definition) is 0. The highest BCUT2D eigenvalue weighted by Gasteiger charge is 2.20. The fourth-order valence-electron chi connectivity index (χ4n) is 1.51. The van der Waals surface area contributed by atoms with Crippen LogP contribution >= 0.6 is 0 Å². The normalized spacial score (nSPS) is 12.0. The second-order valence-electron chi connectivity index (χ2n) is 5.33. The summed E-state index contributed by atoms with van der Waals surface area (Å²) in [5, 5.41) is 0. The fourth-order valence-corrected chi connectivity index (χ4v) is 2.73. The van der Waals surface area contributed by atoms with Crippen molar-refractivity contribution in [3.05, 3.63) is 24.3 Å². The summed E-state index contributed by atoms with van der Waals surface area (Å²) in [7, 11) is -1.99. The molecule has 5 nitrogen and oxygen atoms in total. The molecule has 0 N–H and O–H groups in total. The minimum absolute atomic E-state index is 0.161. The van der Waals surface area contributed by atoms with Gasteiger partial charge in [0, 0.05) is 0 Å². The van der Waals surface area contributed by atoms with E-state index in [0.29, 0.717) is 5.75 Å². The van der Waals surface area contributed by atoms with E-state index in [1.807, 2.05) is 0 Å². The van der Waals surface area contributed by atoms with Gasteiger partial charge in [-0.1, -0.05) is 0 Å². The minimum atomic E-state index is -3.49. The van der Waals surface area contributed by atoms with Crippen molar-refractivity contribution < 1.29 is 22.7 Å². The summed E-state index contributed by atoms with van der Waals surface area (Å²) in [6, 6.07) is 6.06. The molecule has 6 heteroatoms. The topological polar surface area (TPSA) is 69.7 Å². The van der Waals surface area contributed by atoms with Gasteiger partial charge < -0.3 is 9.47 Å². The third-order valence-electron chi connectivity index (χ3n) is 2.41. The first kappa shape index (κ1) is 16.5. The lowest BCUT2D eigenvalue weighted by Crippen LogP contribution is -2.25. The summed E-state index contributed by atoms with van der Waals surface area (Å²) < 4.78 is 34.2. The fraction of sp³-hybridized carbons (Fsp3) is 0.500. The Morgan fingerprint density at radius 1 is 1.15 bits per heavy atom. The highest BCUT2D eigenvalue weighted by molar-refractivity contribution is 7.91. The van der Waals surface area contributed by atoms with Gasteiger partial charge in [0.15, 0.2) is 9.84 Å². The van der Waals surface area contributed by atoms with E-state index >= 15 is 0 Å². The zero-order valence-electron chi connectivity index (χ0n) is 12.2. The first-order chi connectivity index (χ1) is 9.14. The van der Waals surface area contributed by atoms with Crippen LogP contribution in [0.4, 0.5) is 0 Å². The van der Waals surface area contributed by atoms with Crippen LogP contribution in [0, 0.1) is 0 Å². The molecule has 1 aromatic carbocycles. The minimum Gasteiger partial charge on any atom is -0.497 e. The molecule has 0 amide bonds. The van der Waals surface area contributed by atoms with Crippen LogP contribution < -0.4 is 4.74 Å². The number of esters is 1. The average Bonchev–Trinajstić information content (AvgIpc) is 2.35. The maximum atomic E-state index is 12.1. The number of ether oxygens (including phenoxy) is 2. The second-order valence-corrected chi connectivity index (χ2v) is 7.44. The Labute approximate surface area is 119 Å². The van der Waals surface area contributed by atoms with Crippen LogP contribution in [-0.4, -0.2) is 32.9 Å². The molecule has 0 fully saturated rings. The monoisotopic (exact) mass is 300 g/mol. The Morgan fingerprint density at radius 3 is 2.15 bits per heavy atom. The summed E-state index contributed by atoms with van der Waals surface area (Å²) >= 11 is 0. The predicted molar refractivity (Wildman–Crippen MR) is 75.5 cm³/mol. The van der Waals surface area contributed by atoms with Gasteiger partial charge in [0.25, 0.3) is 0 Å². The Balaban J connectivity index is 2.68. The Hall–Kier alpha value is -1.56. The third-order valence-corrected chi connectivity index (χ3v) is 4.15. The summed E-state index contributed by atoms with van der Waals surface area (Å²) in [5.74, 6) is -0.209. The van der Waals surface area contributed by atoms with Crippen LogP contribution in [0.5, 0.6) is 5.75 Å². The first-order valence-corrected chi connectivity index (χ1v) is 7.88. The molecule has 0 aromatic heterocycles. The van der Waals surface area contributed by atoms with Crippen molar-refractivity contribution in [1.82, 2.24) is 0 Å². The number of hydrogen-bond acceptors (Lipinski definition) is 5. The Kier molecular flexibility index (Phi) is 5.16. The van der Waals surface area contributed by atoms with Crippen LogP contribution in [0.25, 0.3) is 0 Å². The number of carbonyl (C=O) groups is 1. The van der Waals surface area contributed by atoms with Crippen LogP contribution in [0.3, 0.4) is 0 Å². The molecule has 0 saturated heterocycles. The van der Waals surface area contributed by atoms with Gasteiger partial charge in [-0.05, 0) is 45.0 Å². The largest absolute Gasteiger partial charge is 0.497 e. The third kappa shape index (κ3) is 5.21. The number of sulfone groups is 1. The van der Waals surface area contributed by atoms with Crippen molar-refractivity contribution in [3.8, 4) is 5.75 Å². The standard InChI is InChI=1S/C14H20O5S/c1-14(2,3)19-13(15)9-10-20(16,17)12-7-5-11(18-4)6-8-12/h5-8H,9-10H2,1-4H3. The molecule has 0 heterocycles. The Bertz CT molecular complexity index is 552. The van der Waals surface area contributed by atoms with Crippen LogP contribution in [0.1, 0.15) is 27.2 Å². The molecule has 0 unspecified atom stereocenters. The molecular formula is C14H20O5S. The molecule has 0 aliphatic heterocycles. The van der Waals surface area contributed by atoms with Crippen LogP contribution in [0.15, 0.2) is 29.2 Å². The molecule has 0 spiro atoms. The van der Waals surface area contributed by atoms with Crippen molar-refractivity contribution in [2.45, 2.75) is 37.7 Å². The maximum absolute atomic E-state index is 12.1. The lowest BCUT2D eigenvalue weighted by molar-refractivity contribution is -0.154. The van der Waals surface area contributed by atoms with Gasteiger partial charge >= 0.3 is 5.97 Å². The molecule has 0 bridgehead atoms. The number of carbonyl (C=O) groups excluding carboxylic acids is 1. The molecule has 0 atom stereocenters. The summed E-state index contributed by atoms with van der Waals surface area (Å²) in [6.07, 6.45) is -0.161. The van der Waals surface area contributed by atoms with Crippen molar-refractivity contribution in [1.29, 1.82) is 0 Å². The van der Waals surface area contributed by atoms with E-state index in [1.54, 1.807) is 32.9 Å². The number of benzene rings is 1. The summed E-state index contributed by atoms with van der Waals surface area (Å²) in [6.45, 7) is 5.22. The van der Waals surface area contributed by atoms with Crippen molar-refractivity contribution >= 4 is 15.8 Å². The summed E-state index contributed by atoms with van der Waals surface area (Å²) in [5.41, 5.74) is -0.610. The van der Waals surface area contributed by atoms with E-state index in [9.17, 15) is 13.2 Å². The lowest BCUT2D eigenvalue weighted by atomic mass is 10.2. The van der Waals surface area contributed by atoms with Crippen molar-refractivity contribution in [3.63, 3.8) is 0 Å². The molecule has 20 heavy (non-hydrogen) atoms. The quantitative estimate of drug-likeness (QED) is 0.780. The lowest BCUT2D eigenvalue weighted by Gasteiger charge is -2.19. The molecule has 0 radical (unpaired) electrons. The van der Waals surface area contributed by atoms with E-state index in [1.165, 1.54) is 19.2 Å². The Morgan fingerprint density at radius 2 is 1.70 bits per heavy atom. The zero-order chi connectivity index (χ0) is 15.4. The van der Waals surface area contributed by atoms with E-state index in [0.717, 1.165) is 0 Å². The average molecular weight is 300 g/mol. The van der Waals surface area contributed by atoms with Gasteiger partial charge in [0.1, 0.15) is 11.4 Å². The predicted octanol–water partition coefficient (Wildman–Crippen LogP) is 2.20. The molecule has 112 valence electrons. The van der Waals surface area contributed by atoms with Gasteiger partial charge in [0.2, 0.25) is 0 Å². The SMILES string of the molecule is COc1ccc(S(=O)(=O)CCC(=O)OC(C)(C)C)cc1. The highest BCUT2D eigenvalue weighted by atomic mass is 32.2. The smallest absolute Gasteiger partial charge is 0.307 e. The van der Waals surface area contributed by atoms with E-state index in [4.69, 9.17) is 9.47 Å². The number of methoxy groups -OCH3 is 1. The van der Waals surface area contributed by atoms with E-state index in [2.05, 4.69) is 0 Å². The second kappa shape index (κ2) is 6.26. The maximum Gasteiger partial charge on any atom is 0.307 e. The molecule has 1 rings (SSSR count). The van der Waals surface area contributed by atoms with E-state index in [-0.39, 0.29) is 17.1 Å². The summed E-state index contributed by atoms with van der Waals surface area (Å²) in [4.78, 5) is 11.7. The van der Waals surface area contributed by atoms with Gasteiger partial charge in [0.05, 0.1) is 24.2 Å². The van der Waals surface area contributed by atoms with Crippen molar-refractivity contribution in [2.75, 3.05) is 12.9 Å². The van der Waals surface area contributed by atoms with Crippen LogP contribution in [-0.2, 0) is 19.4 Å². The first-order valence-electron chi connectivity index (χ1n) is 6.23. The molecule has 0 aliphatic rings. The van der Waals surface area contributed by atoms with Gasteiger partial charge in [-0.15, -0.1) is 0 Å². The number of rotatable bonds is 5. The van der Waals surface area contributed by atoms with Gasteiger partial charge in [-0.3, -0.25) is 4.79 Å². The molecule has 0 aliphatic carbocycles. The highest BCUT2D eigenvalue weighted by Crippen LogP contribution is 2.18. The zero-order valence-corrected chi connectivity index (χ0v) is 13.0. The molecular weight excluding hydrogens is 280 g/mol. The molecule has 0 saturated carbocycles. The van der Waals surface area contributed by atoms with Gasteiger partial charge in [-0.25, -0.2) is 8.42 Å². The molecule has 1 aromatic rings. The van der Waals surface area contributed by atoms with Crippen molar-refractivity contribution in [2.24, 2.45) is 0 Å². The van der Waals surface area contributed by atoms with E-state index < -0.39 is 21.4 Å².